The third-order valence-corrected chi connectivity index (χ3v) is 5.93. The lowest BCUT2D eigenvalue weighted by molar-refractivity contribution is 0.317. The lowest BCUT2D eigenvalue weighted by Crippen LogP contribution is -2.41. The molecule has 0 aliphatic heterocycles. The highest BCUT2D eigenvalue weighted by molar-refractivity contribution is 7.89. The molecule has 21 heavy (non-hydrogen) atoms. The maximum atomic E-state index is 12.7. The van der Waals surface area contributed by atoms with Gasteiger partial charge >= 0.3 is 0 Å². The van der Waals surface area contributed by atoms with Crippen LogP contribution in [-0.2, 0) is 10.0 Å². The average Bonchev–Trinajstić information content (AvgIpc) is 2.31. The summed E-state index contributed by atoms with van der Waals surface area (Å²) in [6.07, 6.45) is 0. The van der Waals surface area contributed by atoms with Gasteiger partial charge in [-0.3, -0.25) is 0 Å². The van der Waals surface area contributed by atoms with Gasteiger partial charge in [-0.05, 0) is 55.9 Å². The van der Waals surface area contributed by atoms with E-state index in [1.807, 2.05) is 41.5 Å². The lowest BCUT2D eigenvalue weighted by Gasteiger charge is -2.28. The molecule has 0 aromatic heterocycles. The van der Waals surface area contributed by atoms with Gasteiger partial charge in [0.05, 0.1) is 12.0 Å². The molecular weight excluding hydrogens is 286 g/mol. The monoisotopic (exact) mass is 313 g/mol. The van der Waals surface area contributed by atoms with Crippen molar-refractivity contribution in [2.75, 3.05) is 7.11 Å². The van der Waals surface area contributed by atoms with Crippen LogP contribution in [-0.4, -0.2) is 21.6 Å². The molecule has 1 N–H and O–H groups in total. The van der Waals surface area contributed by atoms with Gasteiger partial charge in [0.2, 0.25) is 10.0 Å². The molecule has 1 aromatic carbocycles. The van der Waals surface area contributed by atoms with E-state index in [1.54, 1.807) is 20.1 Å². The second-order valence-electron chi connectivity index (χ2n) is 6.68. The Labute approximate surface area is 129 Å². The normalized spacial score (nSPS) is 14.1. The fraction of sp³-hybridized carbons (Fsp3) is 0.625. The van der Waals surface area contributed by atoms with E-state index in [2.05, 4.69) is 4.72 Å². The molecule has 1 rings (SSSR count). The van der Waals surface area contributed by atoms with Gasteiger partial charge in [0.15, 0.2) is 0 Å². The van der Waals surface area contributed by atoms with Gasteiger partial charge in [0.25, 0.3) is 0 Å². The number of hydrogen-bond acceptors (Lipinski definition) is 3. The van der Waals surface area contributed by atoms with E-state index in [9.17, 15) is 8.42 Å². The lowest BCUT2D eigenvalue weighted by atomic mass is 9.89. The fourth-order valence-electron chi connectivity index (χ4n) is 2.12. The number of benzene rings is 1. The van der Waals surface area contributed by atoms with Gasteiger partial charge in [-0.25, -0.2) is 13.1 Å². The van der Waals surface area contributed by atoms with E-state index in [0.29, 0.717) is 16.2 Å². The molecular formula is C16H27NO3S. The molecule has 0 spiro atoms. The Morgan fingerprint density at radius 1 is 1.14 bits per heavy atom. The van der Waals surface area contributed by atoms with Crippen molar-refractivity contribution in [3.8, 4) is 5.75 Å². The molecule has 0 saturated carbocycles. The van der Waals surface area contributed by atoms with Crippen LogP contribution < -0.4 is 9.46 Å². The second kappa shape index (κ2) is 5.97. The first kappa shape index (κ1) is 18.0. The Bertz CT molecular complexity index is 628. The molecule has 0 radical (unpaired) electrons. The Kier molecular flexibility index (Phi) is 5.11. The number of hydrogen-bond donors (Lipinski definition) is 1. The van der Waals surface area contributed by atoms with Crippen molar-refractivity contribution in [2.24, 2.45) is 5.41 Å². The maximum absolute atomic E-state index is 12.7. The zero-order chi connectivity index (χ0) is 16.6. The molecule has 0 bridgehead atoms. The Morgan fingerprint density at radius 2 is 1.67 bits per heavy atom. The first-order valence-corrected chi connectivity index (χ1v) is 8.57. The van der Waals surface area contributed by atoms with Gasteiger partial charge in [-0.2, -0.15) is 0 Å². The van der Waals surface area contributed by atoms with E-state index in [1.165, 1.54) is 0 Å². The zero-order valence-electron chi connectivity index (χ0n) is 14.3. The first-order valence-electron chi connectivity index (χ1n) is 7.09. The molecule has 0 saturated heterocycles. The summed E-state index contributed by atoms with van der Waals surface area (Å²) in [5.74, 6) is 0.716. The van der Waals surface area contributed by atoms with Crippen molar-refractivity contribution in [2.45, 2.75) is 59.4 Å². The van der Waals surface area contributed by atoms with Crippen LogP contribution in [0.15, 0.2) is 11.0 Å². The maximum Gasteiger partial charge on any atom is 0.241 e. The molecule has 0 amide bonds. The highest BCUT2D eigenvalue weighted by atomic mass is 32.2. The molecule has 0 aliphatic rings. The fourth-order valence-corrected chi connectivity index (χ4v) is 4.09. The minimum absolute atomic E-state index is 0.142. The van der Waals surface area contributed by atoms with Crippen LogP contribution in [0.5, 0.6) is 5.75 Å². The molecule has 0 aliphatic carbocycles. The highest BCUT2D eigenvalue weighted by Crippen LogP contribution is 2.31. The molecule has 0 fully saturated rings. The summed E-state index contributed by atoms with van der Waals surface area (Å²) in [6.45, 7) is 13.4. The van der Waals surface area contributed by atoms with Gasteiger partial charge in [0, 0.05) is 6.04 Å². The van der Waals surface area contributed by atoms with Crippen LogP contribution in [0.1, 0.15) is 44.4 Å². The summed E-state index contributed by atoms with van der Waals surface area (Å²) < 4.78 is 33.5. The minimum Gasteiger partial charge on any atom is -0.496 e. The topological polar surface area (TPSA) is 55.4 Å². The summed E-state index contributed by atoms with van der Waals surface area (Å²) in [4.78, 5) is 0.358. The van der Waals surface area contributed by atoms with Gasteiger partial charge in [0.1, 0.15) is 5.75 Å². The van der Waals surface area contributed by atoms with E-state index in [-0.39, 0.29) is 11.5 Å². The van der Waals surface area contributed by atoms with Crippen molar-refractivity contribution >= 4 is 10.0 Å². The molecule has 1 aromatic rings. The average molecular weight is 313 g/mol. The van der Waals surface area contributed by atoms with Crippen LogP contribution in [0.2, 0.25) is 0 Å². The first-order chi connectivity index (χ1) is 9.41. The van der Waals surface area contributed by atoms with E-state index >= 15 is 0 Å². The number of rotatable bonds is 4. The van der Waals surface area contributed by atoms with Crippen molar-refractivity contribution in [1.82, 2.24) is 4.72 Å². The number of sulfonamides is 1. The Hall–Kier alpha value is -1.07. The van der Waals surface area contributed by atoms with E-state index < -0.39 is 10.0 Å². The van der Waals surface area contributed by atoms with Gasteiger partial charge < -0.3 is 4.74 Å². The van der Waals surface area contributed by atoms with Crippen LogP contribution in [0.3, 0.4) is 0 Å². The van der Waals surface area contributed by atoms with Crippen molar-refractivity contribution in [3.05, 3.63) is 22.8 Å². The predicted octanol–water partition coefficient (Wildman–Crippen LogP) is 3.33. The number of nitrogens with one attached hydrogen (secondary N) is 1. The summed E-state index contributed by atoms with van der Waals surface area (Å²) in [5.41, 5.74) is 2.15. The molecule has 0 heterocycles. The number of ether oxygens (including phenoxy) is 1. The standard InChI is InChI=1S/C16H27NO3S/c1-10-9-14(20-8)11(2)12(3)15(10)21(18,19)17-13(4)16(5,6)7/h9,13,17H,1-8H3. The highest BCUT2D eigenvalue weighted by Gasteiger charge is 2.28. The van der Waals surface area contributed by atoms with Crippen molar-refractivity contribution < 1.29 is 13.2 Å². The molecule has 4 nitrogen and oxygen atoms in total. The third kappa shape index (κ3) is 3.77. The van der Waals surface area contributed by atoms with Crippen LogP contribution >= 0.6 is 0 Å². The third-order valence-electron chi connectivity index (χ3n) is 4.10. The van der Waals surface area contributed by atoms with Gasteiger partial charge in [-0.15, -0.1) is 0 Å². The van der Waals surface area contributed by atoms with Crippen LogP contribution in [0.4, 0.5) is 0 Å². The minimum atomic E-state index is -3.56. The smallest absolute Gasteiger partial charge is 0.241 e. The van der Waals surface area contributed by atoms with Gasteiger partial charge in [-0.1, -0.05) is 20.8 Å². The quantitative estimate of drug-likeness (QED) is 0.927. The zero-order valence-corrected chi connectivity index (χ0v) is 15.1. The molecule has 120 valence electrons. The number of aryl methyl sites for hydroxylation is 1. The number of methoxy groups -OCH3 is 1. The Morgan fingerprint density at radius 3 is 2.10 bits per heavy atom. The van der Waals surface area contributed by atoms with E-state index in [4.69, 9.17) is 4.74 Å². The summed E-state index contributed by atoms with van der Waals surface area (Å²) in [7, 11) is -1.96. The van der Waals surface area contributed by atoms with Crippen LogP contribution in [0, 0.1) is 26.2 Å². The van der Waals surface area contributed by atoms with Crippen LogP contribution in [0.25, 0.3) is 0 Å². The predicted molar refractivity (Wildman–Crippen MR) is 86.4 cm³/mol. The molecule has 1 unspecified atom stereocenters. The summed E-state index contributed by atoms with van der Waals surface area (Å²) >= 11 is 0. The molecule has 1 atom stereocenters. The SMILES string of the molecule is COc1cc(C)c(S(=O)(=O)NC(C)C(C)(C)C)c(C)c1C. The molecule has 5 heteroatoms. The second-order valence-corrected chi connectivity index (χ2v) is 8.33. The van der Waals surface area contributed by atoms with Crippen molar-refractivity contribution in [3.63, 3.8) is 0 Å². The summed E-state index contributed by atoms with van der Waals surface area (Å²) in [5, 5.41) is 0. The van der Waals surface area contributed by atoms with E-state index in [0.717, 1.165) is 11.1 Å². The van der Waals surface area contributed by atoms with Crippen molar-refractivity contribution in [1.29, 1.82) is 0 Å². The largest absolute Gasteiger partial charge is 0.496 e. The summed E-state index contributed by atoms with van der Waals surface area (Å²) in [6, 6.07) is 1.61. The Balaban J connectivity index is 3.37.